The Bertz CT molecular complexity index is 1420. The molecular weight excluding hydrogens is 622 g/mol. The lowest BCUT2D eigenvalue weighted by Crippen LogP contribution is -2.48. The fraction of sp³-hybridized carbons (Fsp3) is 0.455. The molecule has 2 saturated carbocycles. The van der Waals surface area contributed by atoms with Gasteiger partial charge in [-0.1, -0.05) is 81.0 Å². The number of hydrogen-bond acceptors (Lipinski definition) is 3. The van der Waals surface area contributed by atoms with Crippen molar-refractivity contribution in [3.8, 4) is 0 Å². The van der Waals surface area contributed by atoms with Crippen LogP contribution >= 0.6 is 10.3 Å². The van der Waals surface area contributed by atoms with Crippen LogP contribution < -0.4 is 0 Å². The van der Waals surface area contributed by atoms with Gasteiger partial charge in [-0.3, -0.25) is 0 Å². The normalized spacial score (nSPS) is 19.0. The molecule has 0 N–H and O–H groups in total. The summed E-state index contributed by atoms with van der Waals surface area (Å²) in [5, 5.41) is -5.90. The van der Waals surface area contributed by atoms with E-state index in [-0.39, 0.29) is 26.5 Å². The lowest BCUT2D eigenvalue weighted by atomic mass is 9.84. The smallest absolute Gasteiger partial charge is 0.229 e. The first kappa shape index (κ1) is 32.9. The Balaban J connectivity index is 1.68. The maximum atomic E-state index is 15.0. The van der Waals surface area contributed by atoms with Crippen molar-refractivity contribution < 1.29 is 38.4 Å². The van der Waals surface area contributed by atoms with E-state index in [1.165, 1.54) is 12.1 Å². The van der Waals surface area contributed by atoms with E-state index < -0.39 is 38.0 Å². The highest BCUT2D eigenvalue weighted by molar-refractivity contribution is 8.33. The molecule has 0 saturated heterocycles. The molecule has 0 radical (unpaired) electrons. The van der Waals surface area contributed by atoms with E-state index in [1.54, 1.807) is 66.7 Å². The molecule has 3 aromatic rings. The fourth-order valence-corrected chi connectivity index (χ4v) is 11.5. The SMILES string of the molecule is O=S(=O)(OS(c1ccccc1)(c1ccc(C2CCCCC2)cc1)c1ccc(C2CCCCC2)cc1)C(F)(F)C(F)C(F)(F)F. The van der Waals surface area contributed by atoms with E-state index in [1.807, 2.05) is 0 Å². The van der Waals surface area contributed by atoms with Crippen LogP contribution in [0, 0.1) is 0 Å². The molecule has 1 unspecified atom stereocenters. The van der Waals surface area contributed by atoms with Crippen molar-refractivity contribution in [2.75, 3.05) is 0 Å². The standard InChI is InChI=1S/C33H36F6O3S2/c34-31(32(35,36)37)33(38,39)44(40,41)42-43(28-14-8-3-9-15-28,29-20-16-26(17-21-29)24-10-4-1-5-11-24)30-22-18-27(19-23-30)25-12-6-2-7-13-25/h3,8-9,14-25,31H,1-2,4-7,10-13H2. The largest absolute Gasteiger partial charge is 0.426 e. The van der Waals surface area contributed by atoms with Crippen LogP contribution in [0.25, 0.3) is 0 Å². The van der Waals surface area contributed by atoms with Gasteiger partial charge >= 0.3 is 21.5 Å². The Labute approximate surface area is 256 Å². The summed E-state index contributed by atoms with van der Waals surface area (Å²) in [5.74, 6) is 0.559. The van der Waals surface area contributed by atoms with E-state index in [0.717, 1.165) is 75.3 Å². The number of hydrogen-bond donors (Lipinski definition) is 0. The van der Waals surface area contributed by atoms with Crippen molar-refractivity contribution in [2.45, 2.75) is 108 Å². The Morgan fingerprint density at radius 1 is 0.591 bits per heavy atom. The lowest BCUT2D eigenvalue weighted by molar-refractivity contribution is -0.222. The minimum Gasteiger partial charge on any atom is -0.229 e. The highest BCUT2D eigenvalue weighted by Gasteiger charge is 2.66. The van der Waals surface area contributed by atoms with Crippen molar-refractivity contribution in [1.82, 2.24) is 0 Å². The van der Waals surface area contributed by atoms with Crippen LogP contribution in [0.2, 0.25) is 0 Å². The summed E-state index contributed by atoms with van der Waals surface area (Å²) in [6.07, 6.45) is -0.647. The first-order valence-corrected chi connectivity index (χ1v) is 18.0. The molecule has 0 aromatic heterocycles. The molecule has 5 rings (SSSR count). The molecular formula is C33H36F6O3S2. The van der Waals surface area contributed by atoms with Crippen LogP contribution in [-0.2, 0) is 13.7 Å². The quantitative estimate of drug-likeness (QED) is 0.215. The van der Waals surface area contributed by atoms with Crippen LogP contribution in [0.1, 0.15) is 87.2 Å². The topological polar surface area (TPSA) is 43.4 Å². The van der Waals surface area contributed by atoms with Gasteiger partial charge in [-0.05, 0) is 95.4 Å². The second kappa shape index (κ2) is 13.1. The molecule has 240 valence electrons. The molecule has 2 fully saturated rings. The highest BCUT2D eigenvalue weighted by Crippen LogP contribution is 2.71. The summed E-state index contributed by atoms with van der Waals surface area (Å²) < 4.78 is 115. The zero-order valence-corrected chi connectivity index (χ0v) is 25.8. The van der Waals surface area contributed by atoms with Crippen molar-refractivity contribution in [3.05, 3.63) is 90.0 Å². The third-order valence-electron chi connectivity index (χ3n) is 8.76. The maximum absolute atomic E-state index is 15.0. The number of halogens is 6. The highest BCUT2D eigenvalue weighted by atomic mass is 32.3. The number of rotatable bonds is 9. The Morgan fingerprint density at radius 2 is 0.977 bits per heavy atom. The molecule has 0 spiro atoms. The van der Waals surface area contributed by atoms with Gasteiger partial charge in [0.2, 0.25) is 0 Å². The molecule has 11 heteroatoms. The van der Waals surface area contributed by atoms with Crippen molar-refractivity contribution in [1.29, 1.82) is 0 Å². The van der Waals surface area contributed by atoms with Gasteiger partial charge in [-0.2, -0.15) is 30.4 Å². The zero-order chi connectivity index (χ0) is 31.6. The molecule has 44 heavy (non-hydrogen) atoms. The Hall–Kier alpha value is -2.50. The molecule has 0 bridgehead atoms. The van der Waals surface area contributed by atoms with Gasteiger partial charge in [0.25, 0.3) is 6.17 Å². The average molecular weight is 659 g/mol. The number of alkyl halides is 6. The summed E-state index contributed by atoms with van der Waals surface area (Å²) >= 11 is 0. The molecule has 0 heterocycles. The van der Waals surface area contributed by atoms with Crippen LogP contribution in [0.3, 0.4) is 0 Å². The van der Waals surface area contributed by atoms with Gasteiger partial charge in [0, 0.05) is 14.7 Å². The molecule has 3 nitrogen and oxygen atoms in total. The molecule has 2 aliphatic rings. The monoisotopic (exact) mass is 658 g/mol. The third kappa shape index (κ3) is 6.56. The minimum atomic E-state index is -6.50. The molecule has 0 aliphatic heterocycles. The predicted molar refractivity (Wildman–Crippen MR) is 159 cm³/mol. The Kier molecular flexibility index (Phi) is 9.78. The van der Waals surface area contributed by atoms with E-state index in [4.69, 9.17) is 3.63 Å². The minimum absolute atomic E-state index is 0.164. The summed E-state index contributed by atoms with van der Waals surface area (Å²) in [7, 11) is -10.1. The van der Waals surface area contributed by atoms with E-state index >= 15 is 0 Å². The molecule has 0 amide bonds. The molecule has 3 aromatic carbocycles. The maximum Gasteiger partial charge on any atom is 0.426 e. The summed E-state index contributed by atoms with van der Waals surface area (Å²) in [6.45, 7) is 0. The van der Waals surface area contributed by atoms with Gasteiger partial charge in [-0.25, -0.2) is 8.02 Å². The van der Waals surface area contributed by atoms with E-state index in [0.29, 0.717) is 0 Å². The average Bonchev–Trinajstić information content (AvgIpc) is 3.04. The van der Waals surface area contributed by atoms with Crippen molar-refractivity contribution in [2.24, 2.45) is 0 Å². The first-order chi connectivity index (χ1) is 20.9. The lowest BCUT2D eigenvalue weighted by Gasteiger charge is -2.40. The molecule has 2 aliphatic carbocycles. The second-order valence-corrected chi connectivity index (χ2v) is 16.2. The van der Waals surface area contributed by atoms with E-state index in [2.05, 4.69) is 0 Å². The third-order valence-corrected chi connectivity index (χ3v) is 14.0. The Morgan fingerprint density at radius 3 is 1.36 bits per heavy atom. The molecule has 1 atom stereocenters. The van der Waals surface area contributed by atoms with Crippen molar-refractivity contribution in [3.63, 3.8) is 0 Å². The van der Waals surface area contributed by atoms with Gasteiger partial charge in [-0.15, -0.1) is 0 Å². The second-order valence-electron chi connectivity index (χ2n) is 11.7. The number of benzene rings is 3. The van der Waals surface area contributed by atoms with Gasteiger partial charge < -0.3 is 0 Å². The zero-order valence-electron chi connectivity index (χ0n) is 24.1. The van der Waals surface area contributed by atoms with Crippen LogP contribution in [0.5, 0.6) is 0 Å². The van der Waals surface area contributed by atoms with Gasteiger partial charge in [0.05, 0.1) is 0 Å². The van der Waals surface area contributed by atoms with Crippen LogP contribution in [0.4, 0.5) is 26.3 Å². The summed E-state index contributed by atoms with van der Waals surface area (Å²) in [6, 6.07) is 21.3. The first-order valence-electron chi connectivity index (χ1n) is 15.0. The van der Waals surface area contributed by atoms with Gasteiger partial charge in [0.15, 0.2) is 0 Å². The summed E-state index contributed by atoms with van der Waals surface area (Å²) in [4.78, 5) is 0.545. The van der Waals surface area contributed by atoms with Crippen molar-refractivity contribution >= 4 is 20.4 Å². The fourth-order valence-electron chi connectivity index (χ4n) is 6.37. The van der Waals surface area contributed by atoms with Crippen LogP contribution in [0.15, 0.2) is 93.5 Å². The van der Waals surface area contributed by atoms with E-state index in [9.17, 15) is 34.8 Å². The predicted octanol–water partition coefficient (Wildman–Crippen LogP) is 10.8. The van der Waals surface area contributed by atoms with Crippen LogP contribution in [-0.4, -0.2) is 26.0 Å². The summed E-state index contributed by atoms with van der Waals surface area (Å²) in [5.41, 5.74) is 1.99. The van der Waals surface area contributed by atoms with Gasteiger partial charge in [0.1, 0.15) is 0 Å².